The second-order valence-corrected chi connectivity index (χ2v) is 9.31. The Kier molecular flexibility index (Phi) is 8.32. The molecule has 4 heterocycles. The first-order valence-corrected chi connectivity index (χ1v) is 12.7. The fraction of sp³-hybridized carbons (Fsp3) is 0.481. The molecule has 9 heteroatoms. The van der Waals surface area contributed by atoms with Gasteiger partial charge in [0, 0.05) is 49.9 Å². The molecule has 9 nitrogen and oxygen atoms in total. The van der Waals surface area contributed by atoms with E-state index in [0.717, 1.165) is 75.4 Å². The summed E-state index contributed by atoms with van der Waals surface area (Å²) in [6.07, 6.45) is 3.29. The van der Waals surface area contributed by atoms with Gasteiger partial charge in [-0.3, -0.25) is 4.79 Å². The van der Waals surface area contributed by atoms with Gasteiger partial charge in [-0.15, -0.1) is 0 Å². The van der Waals surface area contributed by atoms with Crippen LogP contribution in [0.25, 0.3) is 22.3 Å². The van der Waals surface area contributed by atoms with Crippen molar-refractivity contribution in [3.8, 4) is 11.3 Å². The van der Waals surface area contributed by atoms with Crippen molar-refractivity contribution in [1.82, 2.24) is 20.3 Å². The normalized spacial score (nSPS) is 16.2. The molecule has 3 aromatic rings. The maximum atomic E-state index is 12.0. The van der Waals surface area contributed by atoms with E-state index >= 15 is 0 Å². The molecular weight excluding hydrogens is 456 g/mol. The third-order valence-electron chi connectivity index (χ3n) is 6.70. The largest absolute Gasteiger partial charge is 0.383 e. The second kappa shape index (κ2) is 11.6. The number of nitrogens with zero attached hydrogens (tertiary/aromatic N) is 4. The average Bonchev–Trinajstić information content (AvgIpc) is 2.90. The zero-order valence-electron chi connectivity index (χ0n) is 21.4. The minimum atomic E-state index is -0.133. The fourth-order valence-corrected chi connectivity index (χ4v) is 4.44. The van der Waals surface area contributed by atoms with Gasteiger partial charge < -0.3 is 25.4 Å². The summed E-state index contributed by atoms with van der Waals surface area (Å²) < 4.78 is 10.4. The van der Waals surface area contributed by atoms with Crippen molar-refractivity contribution in [2.75, 3.05) is 57.2 Å². The van der Waals surface area contributed by atoms with Crippen LogP contribution in [0.4, 0.5) is 11.8 Å². The lowest BCUT2D eigenvalue weighted by Crippen LogP contribution is -2.51. The summed E-state index contributed by atoms with van der Waals surface area (Å²) in [7, 11) is 1.62. The van der Waals surface area contributed by atoms with Gasteiger partial charge in [0.05, 0.1) is 24.3 Å². The number of amides is 1. The van der Waals surface area contributed by atoms with Crippen LogP contribution in [0.3, 0.4) is 0 Å². The molecule has 0 radical (unpaired) electrons. The SMILES string of the molecule is CCCOCC.CNC(=O)c1cccc(-c2ccc3c(N)nc(N4CCC5(CC4)COC5)nc3n2)c1. The van der Waals surface area contributed by atoms with E-state index in [4.69, 9.17) is 25.2 Å². The number of hydrogen-bond donors (Lipinski definition) is 2. The number of rotatable bonds is 6. The Hall–Kier alpha value is -3.30. The van der Waals surface area contributed by atoms with Crippen LogP contribution in [-0.2, 0) is 9.47 Å². The van der Waals surface area contributed by atoms with Crippen LogP contribution in [0.1, 0.15) is 43.5 Å². The fourth-order valence-electron chi connectivity index (χ4n) is 4.44. The lowest BCUT2D eigenvalue weighted by atomic mass is 9.77. The van der Waals surface area contributed by atoms with E-state index in [-0.39, 0.29) is 5.91 Å². The molecular formula is C27H36N6O3. The van der Waals surface area contributed by atoms with Crippen molar-refractivity contribution in [1.29, 1.82) is 0 Å². The van der Waals surface area contributed by atoms with Crippen LogP contribution in [-0.4, -0.2) is 67.4 Å². The lowest BCUT2D eigenvalue weighted by molar-refractivity contribution is -0.124. The summed E-state index contributed by atoms with van der Waals surface area (Å²) in [5.74, 6) is 0.922. The number of nitrogens with one attached hydrogen (secondary N) is 1. The first-order chi connectivity index (χ1) is 17.5. The molecule has 192 valence electrons. The average molecular weight is 493 g/mol. The van der Waals surface area contributed by atoms with Crippen LogP contribution >= 0.6 is 0 Å². The van der Waals surface area contributed by atoms with Gasteiger partial charge in [-0.1, -0.05) is 19.1 Å². The Bertz CT molecular complexity index is 1180. The van der Waals surface area contributed by atoms with E-state index in [2.05, 4.69) is 22.1 Å². The van der Waals surface area contributed by atoms with Crippen molar-refractivity contribution in [3.05, 3.63) is 42.0 Å². The van der Waals surface area contributed by atoms with Crippen LogP contribution in [0.15, 0.2) is 36.4 Å². The highest BCUT2D eigenvalue weighted by atomic mass is 16.5. The van der Waals surface area contributed by atoms with Gasteiger partial charge in [-0.2, -0.15) is 9.97 Å². The summed E-state index contributed by atoms with van der Waals surface area (Å²) in [4.78, 5) is 28.1. The van der Waals surface area contributed by atoms with Gasteiger partial charge >= 0.3 is 0 Å². The molecule has 2 saturated heterocycles. The summed E-state index contributed by atoms with van der Waals surface area (Å²) in [5, 5.41) is 3.37. The zero-order valence-corrected chi connectivity index (χ0v) is 21.4. The summed E-state index contributed by atoms with van der Waals surface area (Å²) in [6, 6.07) is 11.1. The number of nitrogens with two attached hydrogens (primary N) is 1. The molecule has 1 amide bonds. The number of anilines is 2. The van der Waals surface area contributed by atoms with Crippen molar-refractivity contribution in [2.24, 2.45) is 5.41 Å². The molecule has 2 fully saturated rings. The zero-order chi connectivity index (χ0) is 25.5. The number of fused-ring (bicyclic) bond motifs is 1. The van der Waals surface area contributed by atoms with Gasteiger partial charge in [-0.05, 0) is 50.5 Å². The molecule has 1 aromatic carbocycles. The highest BCUT2D eigenvalue weighted by Gasteiger charge is 2.41. The molecule has 0 bridgehead atoms. The Balaban J connectivity index is 0.000000455. The van der Waals surface area contributed by atoms with Gasteiger partial charge in [-0.25, -0.2) is 4.98 Å². The maximum Gasteiger partial charge on any atom is 0.251 e. The monoisotopic (exact) mass is 492 g/mol. The Morgan fingerprint density at radius 1 is 1.14 bits per heavy atom. The molecule has 2 aromatic heterocycles. The van der Waals surface area contributed by atoms with Crippen molar-refractivity contribution in [3.63, 3.8) is 0 Å². The maximum absolute atomic E-state index is 12.0. The minimum Gasteiger partial charge on any atom is -0.383 e. The van der Waals surface area contributed by atoms with E-state index in [1.165, 1.54) is 0 Å². The Morgan fingerprint density at radius 3 is 2.53 bits per heavy atom. The van der Waals surface area contributed by atoms with Gasteiger partial charge in [0.1, 0.15) is 5.82 Å². The quantitative estimate of drug-likeness (QED) is 0.501. The molecule has 2 aliphatic rings. The van der Waals surface area contributed by atoms with E-state index in [9.17, 15) is 4.79 Å². The molecule has 3 N–H and O–H groups in total. The molecule has 0 unspecified atom stereocenters. The number of aromatic nitrogens is 3. The van der Waals surface area contributed by atoms with E-state index in [1.54, 1.807) is 13.1 Å². The van der Waals surface area contributed by atoms with E-state index < -0.39 is 0 Å². The predicted octanol–water partition coefficient (Wildman–Crippen LogP) is 3.68. The van der Waals surface area contributed by atoms with Crippen LogP contribution in [0, 0.1) is 5.41 Å². The summed E-state index contributed by atoms with van der Waals surface area (Å²) >= 11 is 0. The lowest BCUT2D eigenvalue weighted by Gasteiger charge is -2.47. The van der Waals surface area contributed by atoms with Crippen LogP contribution in [0.2, 0.25) is 0 Å². The van der Waals surface area contributed by atoms with Gasteiger partial charge in [0.25, 0.3) is 5.91 Å². The first kappa shape index (κ1) is 25.8. The molecule has 2 aliphatic heterocycles. The third kappa shape index (κ3) is 5.74. The molecule has 0 atom stereocenters. The van der Waals surface area contributed by atoms with E-state index in [1.807, 2.05) is 37.3 Å². The Labute approximate surface area is 212 Å². The molecule has 0 aliphatic carbocycles. The number of nitrogen functional groups attached to an aromatic ring is 1. The van der Waals surface area contributed by atoms with Crippen LogP contribution < -0.4 is 16.0 Å². The molecule has 36 heavy (non-hydrogen) atoms. The number of pyridine rings is 1. The molecule has 0 saturated carbocycles. The summed E-state index contributed by atoms with van der Waals surface area (Å²) in [6.45, 7) is 9.39. The first-order valence-electron chi connectivity index (χ1n) is 12.7. The van der Waals surface area contributed by atoms with Gasteiger partial charge in [0.2, 0.25) is 5.95 Å². The highest BCUT2D eigenvalue weighted by Crippen LogP contribution is 2.39. The molecule has 5 rings (SSSR count). The standard InChI is InChI=1S/C22H24N6O2.C5H12O/c1-24-20(29)15-4-2-3-14(11-15)17-6-5-16-18(23)26-21(27-19(16)25-17)28-9-7-22(8-10-28)12-30-13-22;1-3-5-6-4-2/h2-6,11H,7-10,12-13H2,1H3,(H,24,29)(H2,23,25,26,27);3-5H2,1-2H3. The number of carbonyl (C=O) groups is 1. The van der Waals surface area contributed by atoms with Crippen molar-refractivity contribution >= 4 is 28.7 Å². The predicted molar refractivity (Wildman–Crippen MR) is 142 cm³/mol. The second-order valence-electron chi connectivity index (χ2n) is 9.31. The number of hydrogen-bond acceptors (Lipinski definition) is 8. The summed E-state index contributed by atoms with van der Waals surface area (Å²) in [5.41, 5.74) is 9.32. The van der Waals surface area contributed by atoms with Crippen molar-refractivity contribution < 1.29 is 14.3 Å². The molecule has 1 spiro atoms. The number of carbonyl (C=O) groups excluding carboxylic acids is 1. The van der Waals surface area contributed by atoms with Crippen molar-refractivity contribution in [2.45, 2.75) is 33.1 Å². The number of ether oxygens (including phenoxy) is 2. The highest BCUT2D eigenvalue weighted by molar-refractivity contribution is 5.95. The van der Waals surface area contributed by atoms with Crippen LogP contribution in [0.5, 0.6) is 0 Å². The number of benzene rings is 1. The Morgan fingerprint density at radius 2 is 1.92 bits per heavy atom. The van der Waals surface area contributed by atoms with Gasteiger partial charge in [0.15, 0.2) is 5.65 Å². The topological polar surface area (TPSA) is 115 Å². The minimum absolute atomic E-state index is 0.133. The smallest absolute Gasteiger partial charge is 0.251 e. The van der Waals surface area contributed by atoms with E-state index in [0.29, 0.717) is 28.4 Å². The number of piperidine rings is 1. The third-order valence-corrected chi connectivity index (χ3v) is 6.70.